The molecule has 0 aromatic heterocycles. The molecule has 0 bridgehead atoms. The molecule has 2 aliphatic heterocycles. The van der Waals surface area contributed by atoms with E-state index in [9.17, 15) is 50.6 Å². The molecule has 0 radical (unpaired) electrons. The maximum Gasteiger partial charge on any atom is 0.416 e. The number of alkyl halides is 9. The van der Waals surface area contributed by atoms with Crippen molar-refractivity contribution < 1.29 is 55.4 Å². The van der Waals surface area contributed by atoms with E-state index in [0.29, 0.717) is 22.6 Å². The summed E-state index contributed by atoms with van der Waals surface area (Å²) in [6.45, 7) is 0. The number of amides is 4. The van der Waals surface area contributed by atoms with Gasteiger partial charge in [-0.1, -0.05) is 27.6 Å². The number of rotatable bonds is 4. The Bertz CT molecular complexity index is 1810. The lowest BCUT2D eigenvalue weighted by Gasteiger charge is -2.50. The molecule has 6 unspecified atom stereocenters. The van der Waals surface area contributed by atoms with Crippen LogP contribution in [0.15, 0.2) is 42.0 Å². The van der Waals surface area contributed by atoms with E-state index in [0.717, 1.165) is 4.90 Å². The summed E-state index contributed by atoms with van der Waals surface area (Å²) in [5, 5.41) is 10.5. The molecule has 3 fully saturated rings. The Labute approximate surface area is 299 Å². The lowest BCUT2D eigenvalue weighted by Crippen LogP contribution is -2.60. The largest absolute Gasteiger partial charge is 0.504 e. The van der Waals surface area contributed by atoms with Gasteiger partial charge < -0.3 is 9.84 Å². The summed E-state index contributed by atoms with van der Waals surface area (Å²) in [7, 11) is 1.28. The number of carbonyl (C=O) groups excluding carboxylic acids is 4. The van der Waals surface area contributed by atoms with Crippen molar-refractivity contribution in [3.8, 4) is 11.5 Å². The molecule has 1 saturated carbocycles. The number of carbonyl (C=O) groups is 4. The second-order valence-electron chi connectivity index (χ2n) is 11.8. The van der Waals surface area contributed by atoms with Crippen LogP contribution in [0, 0.1) is 21.3 Å². The highest BCUT2D eigenvalue weighted by atomic mass is 127. The Morgan fingerprint density at radius 1 is 0.958 bits per heavy atom. The Morgan fingerprint density at radius 2 is 1.56 bits per heavy atom. The fourth-order valence-corrected chi connectivity index (χ4v) is 9.42. The highest BCUT2D eigenvalue weighted by molar-refractivity contribution is 14.1. The molecule has 2 aromatic carbocycles. The topological polar surface area (TPSA) is 104 Å². The lowest BCUT2D eigenvalue weighted by molar-refractivity contribution is -0.143. The van der Waals surface area contributed by atoms with Gasteiger partial charge in [0.05, 0.1) is 44.8 Å². The Hall–Kier alpha value is -2.57. The number of imide groups is 2. The number of ether oxygens (including phenoxy) is 1. The second-order valence-corrected chi connectivity index (χ2v) is 14.7. The molecule has 2 aliphatic carbocycles. The number of nitrogens with zero attached hydrogens (tertiary/aromatic N) is 2. The minimum absolute atomic E-state index is 0.0221. The summed E-state index contributed by atoms with van der Waals surface area (Å²) in [4.78, 5) is 52.2. The molecule has 1 N–H and O–H groups in total. The molecule has 6 rings (SSSR count). The van der Waals surface area contributed by atoms with Gasteiger partial charge in [-0.2, -0.15) is 26.3 Å². The van der Waals surface area contributed by atoms with Gasteiger partial charge in [-0.25, -0.2) is 4.90 Å². The van der Waals surface area contributed by atoms with Crippen molar-refractivity contribution in [1.29, 1.82) is 0 Å². The molecular weight excluding hydrogens is 876 g/mol. The number of benzene rings is 2. The first-order chi connectivity index (χ1) is 22.2. The number of methoxy groups -OCH3 is 1. The van der Waals surface area contributed by atoms with Crippen LogP contribution in [0.4, 0.5) is 32.0 Å². The van der Waals surface area contributed by atoms with Crippen molar-refractivity contribution in [2.24, 2.45) is 17.8 Å². The van der Waals surface area contributed by atoms with Gasteiger partial charge in [0.15, 0.2) is 21.2 Å². The Morgan fingerprint density at radius 3 is 2.10 bits per heavy atom. The second kappa shape index (κ2) is 11.5. The number of allylic oxidation sites excluding steroid dienone is 2. The smallest absolute Gasteiger partial charge is 0.416 e. The van der Waals surface area contributed by atoms with Gasteiger partial charge in [-0.15, -0.1) is 23.2 Å². The van der Waals surface area contributed by atoms with E-state index >= 15 is 0 Å². The predicted octanol–water partition coefficient (Wildman–Crippen LogP) is 6.96. The normalized spacial score (nSPS) is 30.4. The predicted molar refractivity (Wildman–Crippen MR) is 170 cm³/mol. The van der Waals surface area contributed by atoms with Crippen molar-refractivity contribution in [3.05, 3.63) is 62.2 Å². The van der Waals surface area contributed by atoms with Crippen molar-refractivity contribution in [2.45, 2.75) is 40.9 Å². The van der Waals surface area contributed by atoms with Crippen LogP contribution in [0.25, 0.3) is 0 Å². The number of phenolic OH excluding ortho intramolecular Hbond substituents is 1. The Balaban J connectivity index is 1.53. The van der Waals surface area contributed by atoms with Crippen LogP contribution >= 0.6 is 61.7 Å². The zero-order valence-corrected chi connectivity index (χ0v) is 29.3. The fourth-order valence-electron chi connectivity index (χ4n) is 7.36. The van der Waals surface area contributed by atoms with E-state index in [1.54, 1.807) is 28.7 Å². The van der Waals surface area contributed by atoms with E-state index in [-0.39, 0.29) is 38.6 Å². The lowest BCUT2D eigenvalue weighted by atomic mass is 9.56. The minimum Gasteiger partial charge on any atom is -0.504 e. The van der Waals surface area contributed by atoms with Gasteiger partial charge in [-0.05, 0) is 77.2 Å². The third-order valence-corrected chi connectivity index (χ3v) is 12.2. The molecule has 6 atom stereocenters. The quantitative estimate of drug-likeness (QED) is 0.0890. The Kier molecular flexibility index (Phi) is 8.44. The summed E-state index contributed by atoms with van der Waals surface area (Å²) in [6.07, 6.45) is -9.61. The zero-order chi connectivity index (χ0) is 35.5. The van der Waals surface area contributed by atoms with Crippen molar-refractivity contribution in [1.82, 2.24) is 4.90 Å². The first-order valence-electron chi connectivity index (χ1n) is 14.0. The SMILES string of the molecule is COc1cc(C2C3=CCC4C(=O)N(c5cc(C(F)(F)F)cc(C(F)(F)F)c5)C(=O)C4C3CC3(Cl)C(=O)N(CBr)C(=O)C23Cl)cc(I)c1O. The van der Waals surface area contributed by atoms with Gasteiger partial charge in [0.25, 0.3) is 11.8 Å². The average Bonchev–Trinajstić information content (AvgIpc) is 3.34. The number of fused-ring (bicyclic) bond motifs is 4. The van der Waals surface area contributed by atoms with E-state index in [1.807, 2.05) is 0 Å². The van der Waals surface area contributed by atoms with Crippen LogP contribution in [-0.2, 0) is 31.5 Å². The average molecular weight is 896 g/mol. The van der Waals surface area contributed by atoms with Crippen LogP contribution in [0.3, 0.4) is 0 Å². The van der Waals surface area contributed by atoms with Gasteiger partial charge in [-0.3, -0.25) is 24.1 Å². The molecule has 18 heteroatoms. The van der Waals surface area contributed by atoms with Crippen molar-refractivity contribution in [3.63, 3.8) is 0 Å². The molecule has 2 aromatic rings. The van der Waals surface area contributed by atoms with E-state index in [4.69, 9.17) is 27.9 Å². The summed E-state index contributed by atoms with van der Waals surface area (Å²) >= 11 is 19.2. The van der Waals surface area contributed by atoms with Gasteiger partial charge >= 0.3 is 12.4 Å². The molecule has 2 saturated heterocycles. The summed E-state index contributed by atoms with van der Waals surface area (Å²) in [5.74, 6) is -9.18. The molecule has 256 valence electrons. The first kappa shape index (κ1) is 35.3. The number of hydrogen-bond donors (Lipinski definition) is 1. The number of anilines is 1. The molecule has 4 amide bonds. The molecule has 0 spiro atoms. The van der Waals surface area contributed by atoms with Gasteiger partial charge in [0.2, 0.25) is 11.8 Å². The van der Waals surface area contributed by atoms with Crippen LogP contribution in [0.2, 0.25) is 0 Å². The third kappa shape index (κ3) is 4.89. The van der Waals surface area contributed by atoms with E-state index in [1.165, 1.54) is 19.2 Å². The molecule has 4 aliphatic rings. The fraction of sp³-hybridized carbons (Fsp3) is 0.400. The maximum absolute atomic E-state index is 14.1. The number of hydrogen-bond acceptors (Lipinski definition) is 6. The minimum atomic E-state index is -5.24. The molecular formula is C30H20BrCl2F6IN2O6. The summed E-state index contributed by atoms with van der Waals surface area (Å²) in [6, 6.07) is 3.33. The molecule has 48 heavy (non-hydrogen) atoms. The van der Waals surface area contributed by atoms with Crippen LogP contribution in [0.5, 0.6) is 11.5 Å². The van der Waals surface area contributed by atoms with E-state index < -0.39 is 92.6 Å². The number of phenols is 1. The van der Waals surface area contributed by atoms with E-state index in [2.05, 4.69) is 15.9 Å². The molecule has 8 nitrogen and oxygen atoms in total. The highest BCUT2D eigenvalue weighted by Gasteiger charge is 2.76. The molecule has 2 heterocycles. The van der Waals surface area contributed by atoms with Gasteiger partial charge in [0, 0.05) is 5.92 Å². The number of aromatic hydroxyl groups is 1. The standard InChI is InChI=1S/C30H20BrCl2F6IN2O6/c1-48-19-5-11(4-18(40)22(19)43)21-15-2-3-16-20(17(15)9-27(32)25(46)41(10-31)26(47)28(21,27)33)24(45)42(23(16)44)14-7-12(29(34,35)36)6-13(8-14)30(37,38)39/h2,4-8,16-17,20-21,43H,3,9-10H2,1H3. The highest BCUT2D eigenvalue weighted by Crippen LogP contribution is 2.66. The van der Waals surface area contributed by atoms with Crippen LogP contribution < -0.4 is 9.64 Å². The van der Waals surface area contributed by atoms with Crippen molar-refractivity contribution >= 4 is 91.0 Å². The van der Waals surface area contributed by atoms with Crippen molar-refractivity contribution in [2.75, 3.05) is 17.5 Å². The van der Waals surface area contributed by atoms with Crippen LogP contribution in [-0.4, -0.2) is 55.9 Å². The third-order valence-electron chi connectivity index (χ3n) is 9.45. The zero-order valence-electron chi connectivity index (χ0n) is 24.1. The number of halogens is 10. The monoisotopic (exact) mass is 894 g/mol. The first-order valence-corrected chi connectivity index (χ1v) is 16.9. The number of likely N-dealkylation sites (tertiary alicyclic amines) is 1. The van der Waals surface area contributed by atoms with Gasteiger partial charge in [0.1, 0.15) is 0 Å². The maximum atomic E-state index is 14.1. The summed E-state index contributed by atoms with van der Waals surface area (Å²) in [5.41, 5.74) is -4.08. The van der Waals surface area contributed by atoms with Crippen LogP contribution in [0.1, 0.15) is 35.4 Å². The summed E-state index contributed by atoms with van der Waals surface area (Å²) < 4.78 is 87.7.